The zero-order valence-electron chi connectivity index (χ0n) is 13.7. The van der Waals surface area contributed by atoms with Crippen LogP contribution in [0.4, 0.5) is 0 Å². The molecule has 1 amide bonds. The molecule has 2 N–H and O–H groups in total. The summed E-state index contributed by atoms with van der Waals surface area (Å²) in [6.07, 6.45) is 4.77. The predicted octanol–water partition coefficient (Wildman–Crippen LogP) is 3.01. The van der Waals surface area contributed by atoms with Crippen LogP contribution in [0.15, 0.2) is 24.4 Å². The number of piperidine rings is 1. The molecule has 0 aliphatic carbocycles. The number of hydrogen-bond acceptors (Lipinski definition) is 3. The molecule has 0 atom stereocenters. The van der Waals surface area contributed by atoms with Crippen LogP contribution < -0.4 is 0 Å². The number of nitrogens with zero attached hydrogens (tertiary/aromatic N) is 2. The number of nitrogens with one attached hydrogen (secondary N) is 1. The number of carbonyl (C=O) groups excluding carboxylic acids is 1. The molecule has 0 radical (unpaired) electrons. The maximum absolute atomic E-state index is 12.7. The first-order valence-electron chi connectivity index (χ1n) is 8.21. The fourth-order valence-electron chi connectivity index (χ4n) is 3.35. The minimum Gasteiger partial charge on any atom is -0.508 e. The summed E-state index contributed by atoms with van der Waals surface area (Å²) in [4.78, 5) is 14.6. The summed E-state index contributed by atoms with van der Waals surface area (Å²) < 4.78 is 0. The zero-order chi connectivity index (χ0) is 16.4. The molecule has 1 aliphatic rings. The van der Waals surface area contributed by atoms with Crippen LogP contribution in [0.1, 0.15) is 52.9 Å². The fourth-order valence-corrected chi connectivity index (χ4v) is 3.35. The summed E-state index contributed by atoms with van der Waals surface area (Å²) >= 11 is 0. The zero-order valence-corrected chi connectivity index (χ0v) is 13.7. The molecule has 0 saturated carbocycles. The van der Waals surface area contributed by atoms with E-state index in [0.717, 1.165) is 32.4 Å². The topological polar surface area (TPSA) is 69.2 Å². The van der Waals surface area contributed by atoms with Gasteiger partial charge in [-0.1, -0.05) is 13.0 Å². The Hall–Kier alpha value is -2.30. The molecule has 23 heavy (non-hydrogen) atoms. The van der Waals surface area contributed by atoms with Gasteiger partial charge < -0.3 is 10.0 Å². The minimum absolute atomic E-state index is 0.0113. The summed E-state index contributed by atoms with van der Waals surface area (Å²) in [6, 6.07) is 5.12. The van der Waals surface area contributed by atoms with Crippen molar-refractivity contribution in [2.24, 2.45) is 0 Å². The number of phenols is 1. The van der Waals surface area contributed by atoms with Gasteiger partial charge in [0.05, 0.1) is 6.20 Å². The van der Waals surface area contributed by atoms with E-state index in [1.54, 1.807) is 25.1 Å². The van der Waals surface area contributed by atoms with Crippen LogP contribution in [0, 0.1) is 6.92 Å². The molecule has 0 unspecified atom stereocenters. The van der Waals surface area contributed by atoms with Gasteiger partial charge in [-0.05, 0) is 43.9 Å². The lowest BCUT2D eigenvalue weighted by Gasteiger charge is -2.32. The molecule has 5 heteroatoms. The standard InChI is InChI=1S/C18H23N3O2/c1-3-13-11-19-20-17(13)14-7-9-21(10-8-14)18(23)15-5-4-6-16(22)12(15)2/h4-6,11,14,22H,3,7-10H2,1-2H3,(H,19,20). The van der Waals surface area contributed by atoms with Gasteiger partial charge in [0.25, 0.3) is 5.91 Å². The third kappa shape index (κ3) is 2.96. The molecule has 0 bridgehead atoms. The number of H-pyrrole nitrogens is 1. The number of carbonyl (C=O) groups is 1. The number of aromatic nitrogens is 2. The van der Waals surface area contributed by atoms with Gasteiger partial charge in [0.15, 0.2) is 0 Å². The molecule has 1 aromatic carbocycles. The SMILES string of the molecule is CCc1cn[nH]c1C1CCN(C(=O)c2cccc(O)c2C)CC1. The quantitative estimate of drug-likeness (QED) is 0.915. The molecule has 1 aliphatic heterocycles. The van der Waals surface area contributed by atoms with E-state index in [-0.39, 0.29) is 11.7 Å². The Morgan fingerprint density at radius 3 is 2.83 bits per heavy atom. The number of rotatable bonds is 3. The van der Waals surface area contributed by atoms with E-state index in [2.05, 4.69) is 17.1 Å². The predicted molar refractivity (Wildman–Crippen MR) is 88.7 cm³/mol. The van der Waals surface area contributed by atoms with E-state index >= 15 is 0 Å². The molecule has 1 saturated heterocycles. The highest BCUT2D eigenvalue weighted by Crippen LogP contribution is 2.30. The third-order valence-electron chi connectivity index (χ3n) is 4.86. The van der Waals surface area contributed by atoms with E-state index in [9.17, 15) is 9.90 Å². The van der Waals surface area contributed by atoms with E-state index < -0.39 is 0 Å². The Morgan fingerprint density at radius 2 is 2.13 bits per heavy atom. The molecule has 0 spiro atoms. The van der Waals surface area contributed by atoms with Crippen molar-refractivity contribution in [2.45, 2.75) is 39.0 Å². The lowest BCUT2D eigenvalue weighted by molar-refractivity contribution is 0.0710. The second-order valence-electron chi connectivity index (χ2n) is 6.18. The van der Waals surface area contributed by atoms with Gasteiger partial charge in [0.1, 0.15) is 5.75 Å². The van der Waals surface area contributed by atoms with Gasteiger partial charge >= 0.3 is 0 Å². The first-order chi connectivity index (χ1) is 11.1. The monoisotopic (exact) mass is 313 g/mol. The number of phenolic OH excluding ortho intramolecular Hbond substituents is 1. The van der Waals surface area contributed by atoms with Crippen LogP contribution in [0.5, 0.6) is 5.75 Å². The highest BCUT2D eigenvalue weighted by atomic mass is 16.3. The first-order valence-corrected chi connectivity index (χ1v) is 8.21. The van der Waals surface area contributed by atoms with Gasteiger partial charge in [-0.2, -0.15) is 5.10 Å². The van der Waals surface area contributed by atoms with Crippen molar-refractivity contribution in [3.8, 4) is 5.75 Å². The molecule has 2 heterocycles. The second-order valence-corrected chi connectivity index (χ2v) is 6.18. The Kier molecular flexibility index (Phi) is 4.37. The van der Waals surface area contributed by atoms with Crippen molar-refractivity contribution < 1.29 is 9.90 Å². The largest absolute Gasteiger partial charge is 0.508 e. The molecule has 1 aromatic heterocycles. The van der Waals surface area contributed by atoms with Crippen LogP contribution in [0.2, 0.25) is 0 Å². The molecule has 1 fully saturated rings. The Morgan fingerprint density at radius 1 is 1.39 bits per heavy atom. The summed E-state index contributed by atoms with van der Waals surface area (Å²) in [5.41, 5.74) is 3.76. The van der Waals surface area contributed by atoms with E-state index in [4.69, 9.17) is 0 Å². The number of aromatic hydroxyl groups is 1. The summed E-state index contributed by atoms with van der Waals surface area (Å²) in [5.74, 6) is 0.634. The van der Waals surface area contributed by atoms with Crippen molar-refractivity contribution in [3.05, 3.63) is 46.8 Å². The van der Waals surface area contributed by atoms with Gasteiger partial charge in [-0.25, -0.2) is 0 Å². The summed E-state index contributed by atoms with van der Waals surface area (Å²) in [5, 5.41) is 17.1. The second kappa shape index (κ2) is 6.44. The van der Waals surface area contributed by atoms with E-state index in [0.29, 0.717) is 17.0 Å². The molecule has 122 valence electrons. The number of aryl methyl sites for hydroxylation is 1. The van der Waals surface area contributed by atoms with Gasteiger partial charge in [-0.15, -0.1) is 0 Å². The molecular formula is C18H23N3O2. The van der Waals surface area contributed by atoms with Gasteiger partial charge in [-0.3, -0.25) is 9.89 Å². The fraction of sp³-hybridized carbons (Fsp3) is 0.444. The van der Waals surface area contributed by atoms with Crippen LogP contribution in [-0.2, 0) is 6.42 Å². The van der Waals surface area contributed by atoms with Crippen molar-refractivity contribution >= 4 is 5.91 Å². The lowest BCUT2D eigenvalue weighted by atomic mass is 9.90. The van der Waals surface area contributed by atoms with Crippen LogP contribution in [-0.4, -0.2) is 39.2 Å². The average molecular weight is 313 g/mol. The Balaban J connectivity index is 1.69. The lowest BCUT2D eigenvalue weighted by Crippen LogP contribution is -2.38. The van der Waals surface area contributed by atoms with Crippen molar-refractivity contribution in [2.75, 3.05) is 13.1 Å². The van der Waals surface area contributed by atoms with E-state index in [1.165, 1.54) is 11.3 Å². The van der Waals surface area contributed by atoms with Gasteiger partial charge in [0.2, 0.25) is 0 Å². The molecule has 2 aromatic rings. The number of aromatic amines is 1. The van der Waals surface area contributed by atoms with Crippen LogP contribution in [0.3, 0.4) is 0 Å². The maximum Gasteiger partial charge on any atom is 0.254 e. The van der Waals surface area contributed by atoms with Crippen molar-refractivity contribution in [1.29, 1.82) is 0 Å². The normalized spacial score (nSPS) is 15.8. The highest BCUT2D eigenvalue weighted by Gasteiger charge is 2.27. The maximum atomic E-state index is 12.7. The smallest absolute Gasteiger partial charge is 0.254 e. The molecule has 3 rings (SSSR count). The van der Waals surface area contributed by atoms with Gasteiger partial charge in [0, 0.05) is 35.8 Å². The number of hydrogen-bond donors (Lipinski definition) is 2. The average Bonchev–Trinajstić information content (AvgIpc) is 3.05. The van der Waals surface area contributed by atoms with E-state index in [1.807, 2.05) is 11.1 Å². The Labute approximate surface area is 136 Å². The Bertz CT molecular complexity index is 700. The highest BCUT2D eigenvalue weighted by molar-refractivity contribution is 5.96. The van der Waals surface area contributed by atoms with Crippen LogP contribution in [0.25, 0.3) is 0 Å². The minimum atomic E-state index is 0.0113. The number of amides is 1. The summed E-state index contributed by atoms with van der Waals surface area (Å²) in [6.45, 7) is 5.40. The number of benzene rings is 1. The first kappa shape index (κ1) is 15.6. The third-order valence-corrected chi connectivity index (χ3v) is 4.86. The van der Waals surface area contributed by atoms with Crippen LogP contribution >= 0.6 is 0 Å². The molecular weight excluding hydrogens is 290 g/mol. The van der Waals surface area contributed by atoms with Crippen molar-refractivity contribution in [3.63, 3.8) is 0 Å². The molecule has 5 nitrogen and oxygen atoms in total. The summed E-state index contributed by atoms with van der Waals surface area (Å²) in [7, 11) is 0. The number of likely N-dealkylation sites (tertiary alicyclic amines) is 1. The van der Waals surface area contributed by atoms with Crippen molar-refractivity contribution in [1.82, 2.24) is 15.1 Å².